The fourth-order valence-electron chi connectivity index (χ4n) is 3.82. The number of carbonyl (C=O) groups is 1. The standard InChI is InChI=1S/C19H31N5O.2ClH/c1-16(20)17-5-4-9-24(15-17)19(25)7-10-22-11-13-23(14-12-22)18-6-2-3-8-21-18;;/h2-3,6,8,16-17H,4-5,7,9-15,20H2,1H3;2*1H. The highest BCUT2D eigenvalue weighted by molar-refractivity contribution is 5.85. The Morgan fingerprint density at radius 2 is 1.96 bits per heavy atom. The van der Waals surface area contributed by atoms with Crippen molar-refractivity contribution in [1.29, 1.82) is 0 Å². The van der Waals surface area contributed by atoms with Crippen molar-refractivity contribution < 1.29 is 4.79 Å². The summed E-state index contributed by atoms with van der Waals surface area (Å²) in [7, 11) is 0. The number of piperidine rings is 1. The molecule has 0 saturated carbocycles. The summed E-state index contributed by atoms with van der Waals surface area (Å²) >= 11 is 0. The Labute approximate surface area is 175 Å². The lowest BCUT2D eigenvalue weighted by Gasteiger charge is -2.37. The number of halogens is 2. The molecular formula is C19H33Cl2N5O. The molecular weight excluding hydrogens is 385 g/mol. The second-order valence-corrected chi connectivity index (χ2v) is 7.37. The number of carbonyl (C=O) groups excluding carboxylic acids is 1. The number of rotatable bonds is 5. The second kappa shape index (κ2) is 11.7. The Morgan fingerprint density at radius 1 is 1.22 bits per heavy atom. The molecule has 1 amide bonds. The van der Waals surface area contributed by atoms with Gasteiger partial charge in [0.25, 0.3) is 0 Å². The van der Waals surface area contributed by atoms with E-state index >= 15 is 0 Å². The summed E-state index contributed by atoms with van der Waals surface area (Å²) in [6, 6.07) is 6.21. The minimum atomic E-state index is 0. The number of likely N-dealkylation sites (tertiary alicyclic amines) is 1. The van der Waals surface area contributed by atoms with Crippen molar-refractivity contribution >= 4 is 36.5 Å². The monoisotopic (exact) mass is 417 g/mol. The predicted octanol–water partition coefficient (Wildman–Crippen LogP) is 2.02. The molecule has 3 rings (SSSR count). The fraction of sp³-hybridized carbons (Fsp3) is 0.684. The molecule has 2 saturated heterocycles. The minimum Gasteiger partial charge on any atom is -0.354 e. The number of amides is 1. The Kier molecular flexibility index (Phi) is 10.4. The third kappa shape index (κ3) is 6.79. The van der Waals surface area contributed by atoms with Gasteiger partial charge >= 0.3 is 0 Å². The number of hydrogen-bond donors (Lipinski definition) is 1. The van der Waals surface area contributed by atoms with Crippen molar-refractivity contribution in [2.75, 3.05) is 50.7 Å². The smallest absolute Gasteiger partial charge is 0.223 e. The molecule has 0 spiro atoms. The molecule has 0 radical (unpaired) electrons. The molecule has 0 aromatic carbocycles. The summed E-state index contributed by atoms with van der Waals surface area (Å²) in [4.78, 5) is 23.7. The molecule has 6 nitrogen and oxygen atoms in total. The molecule has 2 fully saturated rings. The first-order valence-electron chi connectivity index (χ1n) is 9.55. The van der Waals surface area contributed by atoms with E-state index in [0.29, 0.717) is 12.3 Å². The number of pyridine rings is 1. The van der Waals surface area contributed by atoms with Crippen LogP contribution in [-0.2, 0) is 4.79 Å². The van der Waals surface area contributed by atoms with Crippen LogP contribution in [0.3, 0.4) is 0 Å². The van der Waals surface area contributed by atoms with Crippen molar-refractivity contribution in [1.82, 2.24) is 14.8 Å². The molecule has 0 aliphatic carbocycles. The van der Waals surface area contributed by atoms with Crippen molar-refractivity contribution in [2.45, 2.75) is 32.2 Å². The number of piperazine rings is 1. The highest BCUT2D eigenvalue weighted by Gasteiger charge is 2.26. The Morgan fingerprint density at radius 3 is 2.59 bits per heavy atom. The summed E-state index contributed by atoms with van der Waals surface area (Å²) in [5, 5.41) is 0. The van der Waals surface area contributed by atoms with E-state index < -0.39 is 0 Å². The maximum absolute atomic E-state index is 12.5. The van der Waals surface area contributed by atoms with E-state index in [4.69, 9.17) is 5.73 Å². The molecule has 1 aromatic heterocycles. The summed E-state index contributed by atoms with van der Waals surface area (Å²) in [6.45, 7) is 8.58. The van der Waals surface area contributed by atoms with E-state index in [1.165, 1.54) is 0 Å². The van der Waals surface area contributed by atoms with Gasteiger partial charge in [-0.25, -0.2) is 4.98 Å². The lowest BCUT2D eigenvalue weighted by atomic mass is 9.92. The molecule has 0 bridgehead atoms. The molecule has 27 heavy (non-hydrogen) atoms. The topological polar surface area (TPSA) is 65.7 Å². The van der Waals surface area contributed by atoms with Gasteiger partial charge in [0.05, 0.1) is 0 Å². The summed E-state index contributed by atoms with van der Waals surface area (Å²) in [6.07, 6.45) is 4.70. The van der Waals surface area contributed by atoms with Crippen LogP contribution in [0, 0.1) is 5.92 Å². The maximum Gasteiger partial charge on any atom is 0.223 e. The minimum absolute atomic E-state index is 0. The van der Waals surface area contributed by atoms with Crippen LogP contribution in [0.4, 0.5) is 5.82 Å². The average Bonchev–Trinajstić information content (AvgIpc) is 2.67. The Balaban J connectivity index is 0.00000182. The van der Waals surface area contributed by atoms with Crippen molar-refractivity contribution in [3.8, 4) is 0 Å². The van der Waals surface area contributed by atoms with Crippen LogP contribution in [-0.4, -0.2) is 72.5 Å². The normalized spacial score (nSPS) is 21.8. The third-order valence-corrected chi connectivity index (χ3v) is 5.54. The van der Waals surface area contributed by atoms with Crippen LogP contribution < -0.4 is 10.6 Å². The highest BCUT2D eigenvalue weighted by Crippen LogP contribution is 2.19. The third-order valence-electron chi connectivity index (χ3n) is 5.54. The van der Waals surface area contributed by atoms with Gasteiger partial charge in [0.15, 0.2) is 0 Å². The molecule has 2 aliphatic heterocycles. The van der Waals surface area contributed by atoms with Gasteiger partial charge in [0.2, 0.25) is 5.91 Å². The molecule has 8 heteroatoms. The van der Waals surface area contributed by atoms with Gasteiger partial charge < -0.3 is 15.5 Å². The van der Waals surface area contributed by atoms with E-state index in [2.05, 4.69) is 27.8 Å². The van der Waals surface area contributed by atoms with Crippen molar-refractivity contribution in [3.63, 3.8) is 0 Å². The first kappa shape index (κ1) is 24.0. The van der Waals surface area contributed by atoms with E-state index in [1.54, 1.807) is 0 Å². The molecule has 2 unspecified atom stereocenters. The Bertz CT molecular complexity index is 552. The van der Waals surface area contributed by atoms with Crippen molar-refractivity contribution in [2.24, 2.45) is 11.7 Å². The summed E-state index contributed by atoms with van der Waals surface area (Å²) in [5.41, 5.74) is 6.03. The van der Waals surface area contributed by atoms with Crippen LogP contribution in [0.1, 0.15) is 26.2 Å². The van der Waals surface area contributed by atoms with E-state index in [9.17, 15) is 4.79 Å². The number of nitrogens with two attached hydrogens (primary N) is 1. The zero-order valence-electron chi connectivity index (χ0n) is 16.1. The van der Waals surface area contributed by atoms with Gasteiger partial charge in [-0.05, 0) is 37.8 Å². The van der Waals surface area contributed by atoms with Gasteiger partial charge in [0.1, 0.15) is 5.82 Å². The molecule has 154 valence electrons. The fourth-order valence-corrected chi connectivity index (χ4v) is 3.82. The lowest BCUT2D eigenvalue weighted by Crippen LogP contribution is -2.48. The Hall–Kier alpha value is -1.08. The van der Waals surface area contributed by atoms with Gasteiger partial charge in [-0.2, -0.15) is 0 Å². The first-order valence-corrected chi connectivity index (χ1v) is 9.55. The van der Waals surface area contributed by atoms with E-state index in [1.807, 2.05) is 23.2 Å². The van der Waals surface area contributed by atoms with Crippen LogP contribution in [0.25, 0.3) is 0 Å². The lowest BCUT2D eigenvalue weighted by molar-refractivity contribution is -0.133. The summed E-state index contributed by atoms with van der Waals surface area (Å²) < 4.78 is 0. The van der Waals surface area contributed by atoms with Crippen LogP contribution in [0.2, 0.25) is 0 Å². The van der Waals surface area contributed by atoms with Gasteiger partial charge in [0, 0.05) is 64.5 Å². The zero-order valence-corrected chi connectivity index (χ0v) is 17.8. The SMILES string of the molecule is CC(N)C1CCCN(C(=O)CCN2CCN(c3ccccn3)CC2)C1.Cl.Cl. The molecule has 2 N–H and O–H groups in total. The number of hydrogen-bond acceptors (Lipinski definition) is 5. The quantitative estimate of drug-likeness (QED) is 0.793. The van der Waals surface area contributed by atoms with Crippen molar-refractivity contribution in [3.05, 3.63) is 24.4 Å². The number of aromatic nitrogens is 1. The van der Waals surface area contributed by atoms with Crippen LogP contribution >= 0.6 is 24.8 Å². The van der Waals surface area contributed by atoms with Gasteiger partial charge in [-0.1, -0.05) is 6.07 Å². The largest absolute Gasteiger partial charge is 0.354 e. The highest BCUT2D eigenvalue weighted by atomic mass is 35.5. The van der Waals surface area contributed by atoms with Crippen LogP contribution in [0.15, 0.2) is 24.4 Å². The number of anilines is 1. The zero-order chi connectivity index (χ0) is 17.6. The maximum atomic E-state index is 12.5. The summed E-state index contributed by atoms with van der Waals surface area (Å²) in [5.74, 6) is 1.80. The van der Waals surface area contributed by atoms with Gasteiger partial charge in [-0.3, -0.25) is 9.69 Å². The van der Waals surface area contributed by atoms with E-state index in [-0.39, 0.29) is 36.8 Å². The van der Waals surface area contributed by atoms with E-state index in [0.717, 1.165) is 64.5 Å². The van der Waals surface area contributed by atoms with Crippen LogP contribution in [0.5, 0.6) is 0 Å². The molecule has 2 aliphatic rings. The molecule has 2 atom stereocenters. The van der Waals surface area contributed by atoms with Gasteiger partial charge in [-0.15, -0.1) is 24.8 Å². The molecule has 3 heterocycles. The predicted molar refractivity (Wildman–Crippen MR) is 115 cm³/mol. The first-order chi connectivity index (χ1) is 12.1. The molecule has 1 aromatic rings. The number of nitrogens with zero attached hydrogens (tertiary/aromatic N) is 4. The average molecular weight is 418 g/mol. The second-order valence-electron chi connectivity index (χ2n) is 7.37.